The summed E-state index contributed by atoms with van der Waals surface area (Å²) in [4.78, 5) is 2.51. The zero-order valence-corrected chi connectivity index (χ0v) is 14.2. The predicted molar refractivity (Wildman–Crippen MR) is 87.8 cm³/mol. The molecule has 0 spiro atoms. The van der Waals surface area contributed by atoms with Crippen molar-refractivity contribution >= 4 is 15.9 Å². The van der Waals surface area contributed by atoms with Crippen molar-refractivity contribution in [3.05, 3.63) is 34.3 Å². The summed E-state index contributed by atoms with van der Waals surface area (Å²) in [5.41, 5.74) is 1.48. The number of rotatable bonds is 4. The van der Waals surface area contributed by atoms with E-state index in [0.717, 1.165) is 29.5 Å². The first-order valence-corrected chi connectivity index (χ1v) is 8.42. The van der Waals surface area contributed by atoms with Gasteiger partial charge in [0.2, 0.25) is 0 Å². The van der Waals surface area contributed by atoms with E-state index >= 15 is 0 Å². The molecule has 112 valence electrons. The molecule has 1 fully saturated rings. The summed E-state index contributed by atoms with van der Waals surface area (Å²) in [6.45, 7) is 8.05. The van der Waals surface area contributed by atoms with E-state index < -0.39 is 0 Å². The molecule has 20 heavy (non-hydrogen) atoms. The van der Waals surface area contributed by atoms with Gasteiger partial charge in [0.1, 0.15) is 0 Å². The van der Waals surface area contributed by atoms with E-state index in [9.17, 15) is 5.11 Å². The smallest absolute Gasteiger partial charge is 0.0813 e. The molecule has 1 saturated heterocycles. The average Bonchev–Trinajstić information content (AvgIpc) is 2.57. The number of hydrogen-bond acceptors (Lipinski definition) is 2. The van der Waals surface area contributed by atoms with Gasteiger partial charge in [-0.1, -0.05) is 48.0 Å². The molecule has 1 aliphatic heterocycles. The molecule has 1 unspecified atom stereocenters. The van der Waals surface area contributed by atoms with Gasteiger partial charge in [-0.2, -0.15) is 0 Å². The van der Waals surface area contributed by atoms with Gasteiger partial charge in [0.05, 0.1) is 6.10 Å². The van der Waals surface area contributed by atoms with Crippen LogP contribution in [0.4, 0.5) is 0 Å². The third-order valence-electron chi connectivity index (χ3n) is 4.42. The fourth-order valence-electron chi connectivity index (χ4n) is 2.91. The van der Waals surface area contributed by atoms with Gasteiger partial charge in [0.25, 0.3) is 0 Å². The summed E-state index contributed by atoms with van der Waals surface area (Å²) in [5.74, 6) is 0. The van der Waals surface area contributed by atoms with E-state index in [-0.39, 0.29) is 6.10 Å². The van der Waals surface area contributed by atoms with Gasteiger partial charge in [0.15, 0.2) is 0 Å². The highest BCUT2D eigenvalue weighted by Crippen LogP contribution is 2.30. The van der Waals surface area contributed by atoms with Crippen LogP contribution in [0.25, 0.3) is 0 Å². The predicted octanol–water partition coefficient (Wildman–Crippen LogP) is 4.38. The van der Waals surface area contributed by atoms with Crippen LogP contribution in [0.3, 0.4) is 0 Å². The molecule has 0 aromatic heterocycles. The molecule has 1 aromatic carbocycles. The fraction of sp³-hybridized carbons (Fsp3) is 0.647. The highest BCUT2D eigenvalue weighted by molar-refractivity contribution is 9.10. The van der Waals surface area contributed by atoms with Gasteiger partial charge in [-0.25, -0.2) is 0 Å². The molecule has 0 aliphatic carbocycles. The van der Waals surface area contributed by atoms with Gasteiger partial charge in [-0.05, 0) is 55.8 Å². The van der Waals surface area contributed by atoms with E-state index in [4.69, 9.17) is 0 Å². The molecular weight excluding hydrogens is 314 g/mol. The monoisotopic (exact) mass is 339 g/mol. The van der Waals surface area contributed by atoms with Crippen molar-refractivity contribution < 1.29 is 5.11 Å². The second-order valence-corrected chi connectivity index (χ2v) is 7.54. The summed E-state index contributed by atoms with van der Waals surface area (Å²) in [5, 5.41) is 10.3. The van der Waals surface area contributed by atoms with Crippen molar-refractivity contribution in [2.75, 3.05) is 19.6 Å². The summed E-state index contributed by atoms with van der Waals surface area (Å²) in [7, 11) is 0. The Kier molecular flexibility index (Phi) is 5.65. The summed E-state index contributed by atoms with van der Waals surface area (Å²) >= 11 is 3.52. The zero-order valence-electron chi connectivity index (χ0n) is 12.6. The third-order valence-corrected chi connectivity index (χ3v) is 5.14. The molecule has 1 N–H and O–H groups in total. The summed E-state index contributed by atoms with van der Waals surface area (Å²) in [6, 6.07) is 7.96. The van der Waals surface area contributed by atoms with Gasteiger partial charge < -0.3 is 10.0 Å². The Morgan fingerprint density at radius 2 is 2.00 bits per heavy atom. The Morgan fingerprint density at radius 1 is 1.25 bits per heavy atom. The molecule has 3 heteroatoms. The second-order valence-electron chi connectivity index (χ2n) is 6.69. The maximum atomic E-state index is 10.3. The number of likely N-dealkylation sites (tertiary alicyclic amines) is 1. The number of nitrogens with zero attached hydrogens (tertiary/aromatic N) is 1. The number of aliphatic hydroxyl groups is 1. The van der Waals surface area contributed by atoms with Crippen molar-refractivity contribution in [1.29, 1.82) is 0 Å². The molecule has 1 aromatic rings. The van der Waals surface area contributed by atoms with Crippen LogP contribution in [0.2, 0.25) is 0 Å². The Balaban J connectivity index is 1.84. The molecule has 2 rings (SSSR count). The minimum absolute atomic E-state index is 0.373. The first-order valence-electron chi connectivity index (χ1n) is 7.63. The normalized spacial score (nSPS) is 21.4. The lowest BCUT2D eigenvalue weighted by atomic mass is 9.85. The van der Waals surface area contributed by atoms with E-state index in [1.54, 1.807) is 0 Å². The van der Waals surface area contributed by atoms with Crippen LogP contribution < -0.4 is 0 Å². The largest absolute Gasteiger partial charge is 0.388 e. The second kappa shape index (κ2) is 7.06. The fourth-order valence-corrected chi connectivity index (χ4v) is 3.46. The van der Waals surface area contributed by atoms with Gasteiger partial charge in [-0.15, -0.1) is 0 Å². The van der Waals surface area contributed by atoms with Crippen molar-refractivity contribution in [3.8, 4) is 0 Å². The van der Waals surface area contributed by atoms with Crippen molar-refractivity contribution in [2.24, 2.45) is 5.41 Å². The van der Waals surface area contributed by atoms with Crippen LogP contribution in [0.5, 0.6) is 0 Å². The standard InChI is InChI=1S/C17H26BrNO/c1-17(2)9-5-11-19(13-10-17)12-8-16(20)14-6-3-4-7-15(14)18/h3-4,6-7,16,20H,5,8-13H2,1-2H3. The highest BCUT2D eigenvalue weighted by atomic mass is 79.9. The number of benzene rings is 1. The lowest BCUT2D eigenvalue weighted by molar-refractivity contribution is 0.141. The summed E-state index contributed by atoms with van der Waals surface area (Å²) < 4.78 is 1.00. The van der Waals surface area contributed by atoms with Crippen LogP contribution in [-0.2, 0) is 0 Å². The molecule has 0 saturated carbocycles. The molecule has 0 amide bonds. The highest BCUT2D eigenvalue weighted by Gasteiger charge is 2.23. The maximum Gasteiger partial charge on any atom is 0.0813 e. The topological polar surface area (TPSA) is 23.5 Å². The Hall–Kier alpha value is -0.380. The number of halogens is 1. The van der Waals surface area contributed by atoms with E-state index in [1.165, 1.54) is 25.8 Å². The van der Waals surface area contributed by atoms with E-state index in [2.05, 4.69) is 34.7 Å². The van der Waals surface area contributed by atoms with E-state index in [1.807, 2.05) is 24.3 Å². The van der Waals surface area contributed by atoms with Crippen LogP contribution in [0.15, 0.2) is 28.7 Å². The van der Waals surface area contributed by atoms with Gasteiger partial charge >= 0.3 is 0 Å². The first-order chi connectivity index (χ1) is 9.48. The quantitative estimate of drug-likeness (QED) is 0.879. The number of hydrogen-bond donors (Lipinski definition) is 1. The maximum absolute atomic E-state index is 10.3. The van der Waals surface area contributed by atoms with Gasteiger partial charge in [0, 0.05) is 11.0 Å². The third kappa shape index (κ3) is 4.57. The molecule has 1 heterocycles. The minimum atomic E-state index is -0.373. The molecular formula is C17H26BrNO. The van der Waals surface area contributed by atoms with Crippen molar-refractivity contribution in [1.82, 2.24) is 4.90 Å². The van der Waals surface area contributed by atoms with Crippen molar-refractivity contribution in [2.45, 2.75) is 45.6 Å². The van der Waals surface area contributed by atoms with Gasteiger partial charge in [-0.3, -0.25) is 0 Å². The minimum Gasteiger partial charge on any atom is -0.388 e. The molecule has 0 bridgehead atoms. The zero-order chi connectivity index (χ0) is 14.6. The van der Waals surface area contributed by atoms with Crippen LogP contribution in [0, 0.1) is 5.41 Å². The number of aliphatic hydroxyl groups excluding tert-OH is 1. The molecule has 2 nitrogen and oxygen atoms in total. The lowest BCUT2D eigenvalue weighted by Gasteiger charge is -2.24. The molecule has 1 aliphatic rings. The van der Waals surface area contributed by atoms with Crippen LogP contribution >= 0.6 is 15.9 Å². The molecule has 0 radical (unpaired) electrons. The first kappa shape index (κ1) is 16.0. The van der Waals surface area contributed by atoms with Crippen LogP contribution in [-0.4, -0.2) is 29.6 Å². The SMILES string of the molecule is CC1(C)CCCN(CCC(O)c2ccccc2Br)CC1. The Labute approximate surface area is 131 Å². The lowest BCUT2D eigenvalue weighted by Crippen LogP contribution is -2.27. The summed E-state index contributed by atoms with van der Waals surface area (Å²) in [6.07, 6.45) is 4.29. The van der Waals surface area contributed by atoms with Crippen LogP contribution in [0.1, 0.15) is 51.2 Å². The van der Waals surface area contributed by atoms with Crippen molar-refractivity contribution in [3.63, 3.8) is 0 Å². The average molecular weight is 340 g/mol. The molecule has 1 atom stereocenters. The Bertz CT molecular complexity index is 433. The van der Waals surface area contributed by atoms with E-state index in [0.29, 0.717) is 5.41 Å². The Morgan fingerprint density at radius 3 is 2.75 bits per heavy atom.